The first kappa shape index (κ1) is 15.0. The number of nitrogens with zero attached hydrogens (tertiary/aromatic N) is 1. The van der Waals surface area contributed by atoms with Crippen LogP contribution in [0.2, 0.25) is 0 Å². The molecule has 2 amide bonds. The van der Waals surface area contributed by atoms with Crippen LogP contribution in [0.15, 0.2) is 0 Å². The average molecular weight is 302 g/mol. The minimum absolute atomic E-state index is 0.0339. The largest absolute Gasteiger partial charge is 0.450 e. The summed E-state index contributed by atoms with van der Waals surface area (Å²) in [5.41, 5.74) is 0. The molecule has 0 unspecified atom stereocenters. The first-order chi connectivity index (χ1) is 9.36. The number of carbonyl (C=O) groups is 3. The predicted molar refractivity (Wildman–Crippen MR) is 71.8 cm³/mol. The van der Waals surface area contributed by atoms with Crippen molar-refractivity contribution in [2.45, 2.75) is 43.4 Å². The average Bonchev–Trinajstić information content (AvgIpc) is 2.56. The quantitative estimate of drug-likeness (QED) is 0.467. The molecule has 0 aromatic heterocycles. The molecule has 8 heteroatoms. The molecular weight excluding hydrogens is 284 g/mol. The van der Waals surface area contributed by atoms with E-state index in [9.17, 15) is 14.4 Å². The lowest BCUT2D eigenvalue weighted by atomic mass is 9.98. The fourth-order valence-corrected chi connectivity index (χ4v) is 4.00. The summed E-state index contributed by atoms with van der Waals surface area (Å²) in [6.45, 7) is 5.49. The Morgan fingerprint density at radius 3 is 2.75 bits per heavy atom. The van der Waals surface area contributed by atoms with Gasteiger partial charge in [0.15, 0.2) is 6.73 Å². The van der Waals surface area contributed by atoms with Gasteiger partial charge in [0.25, 0.3) is 0 Å². The third-order valence-electron chi connectivity index (χ3n) is 3.25. The summed E-state index contributed by atoms with van der Waals surface area (Å²) in [5.74, 6) is -0.539. The topological polar surface area (TPSA) is 84.9 Å². The first-order valence-electron chi connectivity index (χ1n) is 6.43. The van der Waals surface area contributed by atoms with E-state index in [0.29, 0.717) is 6.42 Å². The second-order valence-electron chi connectivity index (χ2n) is 5.09. The van der Waals surface area contributed by atoms with E-state index in [4.69, 9.17) is 4.74 Å². The van der Waals surface area contributed by atoms with Gasteiger partial charge in [0, 0.05) is 4.75 Å². The van der Waals surface area contributed by atoms with Gasteiger partial charge >= 0.3 is 12.1 Å². The van der Waals surface area contributed by atoms with Crippen molar-refractivity contribution in [3.8, 4) is 0 Å². The lowest BCUT2D eigenvalue weighted by Gasteiger charge is -2.37. The normalized spacial score (nSPS) is 26.6. The third-order valence-corrected chi connectivity index (χ3v) is 4.75. The van der Waals surface area contributed by atoms with Crippen LogP contribution in [0.3, 0.4) is 0 Å². The van der Waals surface area contributed by atoms with E-state index in [0.717, 1.165) is 0 Å². The monoisotopic (exact) mass is 302 g/mol. The molecule has 0 spiro atoms. The number of fused-ring (bicyclic) bond motifs is 1. The van der Waals surface area contributed by atoms with Crippen LogP contribution in [0.5, 0.6) is 0 Å². The first-order valence-corrected chi connectivity index (χ1v) is 7.31. The highest BCUT2D eigenvalue weighted by atomic mass is 32.2. The van der Waals surface area contributed by atoms with Crippen LogP contribution in [0.25, 0.3) is 0 Å². The number of carbonyl (C=O) groups excluding carboxylic acids is 3. The smallest absolute Gasteiger partial charge is 0.409 e. The molecule has 2 aliphatic rings. The number of esters is 1. The summed E-state index contributed by atoms with van der Waals surface area (Å²) < 4.78 is 9.28. The zero-order valence-electron chi connectivity index (χ0n) is 11.7. The van der Waals surface area contributed by atoms with Crippen LogP contribution < -0.4 is 5.32 Å². The molecule has 2 atom stereocenters. The van der Waals surface area contributed by atoms with Crippen molar-refractivity contribution in [1.82, 2.24) is 10.2 Å². The molecule has 2 heterocycles. The number of hydrogen-bond acceptors (Lipinski definition) is 6. The van der Waals surface area contributed by atoms with Gasteiger partial charge < -0.3 is 14.4 Å². The van der Waals surface area contributed by atoms with Crippen molar-refractivity contribution in [2.24, 2.45) is 0 Å². The molecule has 2 saturated heterocycles. The number of alkyl carbamates (subject to hydrolysis) is 1. The zero-order valence-corrected chi connectivity index (χ0v) is 12.5. The summed E-state index contributed by atoms with van der Waals surface area (Å²) in [5, 5.41) is 2.37. The van der Waals surface area contributed by atoms with E-state index >= 15 is 0 Å². The van der Waals surface area contributed by atoms with Gasteiger partial charge in [0.2, 0.25) is 5.91 Å². The van der Waals surface area contributed by atoms with Crippen LogP contribution in [-0.4, -0.2) is 52.4 Å². The number of ether oxygens (including phenoxy) is 2. The van der Waals surface area contributed by atoms with Crippen molar-refractivity contribution < 1.29 is 23.9 Å². The van der Waals surface area contributed by atoms with Gasteiger partial charge in [-0.05, 0) is 20.8 Å². The van der Waals surface area contributed by atoms with Gasteiger partial charge in [-0.15, -0.1) is 11.8 Å². The fourth-order valence-electron chi connectivity index (χ4n) is 2.38. The summed E-state index contributed by atoms with van der Waals surface area (Å²) >= 11 is 1.60. The van der Waals surface area contributed by atoms with Crippen LogP contribution in [-0.2, 0) is 19.1 Å². The van der Waals surface area contributed by atoms with Crippen LogP contribution >= 0.6 is 11.8 Å². The van der Waals surface area contributed by atoms with E-state index in [-0.39, 0.29) is 24.6 Å². The Bertz CT molecular complexity index is 440. The van der Waals surface area contributed by atoms with Crippen LogP contribution in [0, 0.1) is 0 Å². The second-order valence-corrected chi connectivity index (χ2v) is 6.92. The van der Waals surface area contributed by atoms with Gasteiger partial charge in [-0.1, -0.05) is 0 Å². The molecule has 0 radical (unpaired) electrons. The van der Waals surface area contributed by atoms with Crippen LogP contribution in [0.4, 0.5) is 4.79 Å². The zero-order chi connectivity index (χ0) is 14.9. The third kappa shape index (κ3) is 2.70. The summed E-state index contributed by atoms with van der Waals surface area (Å²) in [6, 6.07) is -0.609. The van der Waals surface area contributed by atoms with Crippen molar-refractivity contribution in [1.29, 1.82) is 0 Å². The highest BCUT2D eigenvalue weighted by Crippen LogP contribution is 2.50. The summed E-state index contributed by atoms with van der Waals surface area (Å²) in [4.78, 5) is 36.3. The minimum atomic E-state index is -0.640. The van der Waals surface area contributed by atoms with E-state index in [1.54, 1.807) is 23.6 Å². The Balaban J connectivity index is 1.88. The maximum atomic E-state index is 12.1. The maximum absolute atomic E-state index is 12.1. The molecule has 0 saturated carbocycles. The molecule has 0 aromatic carbocycles. The van der Waals surface area contributed by atoms with Crippen LogP contribution in [0.1, 0.15) is 27.2 Å². The van der Waals surface area contributed by atoms with Gasteiger partial charge in [0.1, 0.15) is 6.04 Å². The Hall–Kier alpha value is -1.44. The van der Waals surface area contributed by atoms with Crippen molar-refractivity contribution in [3.63, 3.8) is 0 Å². The van der Waals surface area contributed by atoms with E-state index in [1.165, 1.54) is 0 Å². The molecule has 7 nitrogen and oxygen atoms in total. The number of nitrogens with one attached hydrogen (secondary N) is 1. The molecule has 0 aliphatic carbocycles. The lowest BCUT2D eigenvalue weighted by Crippen LogP contribution is -2.57. The number of hydrogen-bond donors (Lipinski definition) is 1. The van der Waals surface area contributed by atoms with Gasteiger partial charge in [-0.3, -0.25) is 10.1 Å². The number of thioether (sulfide) groups is 1. The summed E-state index contributed by atoms with van der Waals surface area (Å²) in [7, 11) is 0. The maximum Gasteiger partial charge on any atom is 0.409 e. The Morgan fingerprint density at radius 1 is 1.45 bits per heavy atom. The Morgan fingerprint density at radius 2 is 2.15 bits per heavy atom. The van der Waals surface area contributed by atoms with E-state index in [2.05, 4.69) is 10.1 Å². The van der Waals surface area contributed by atoms with E-state index < -0.39 is 22.9 Å². The van der Waals surface area contributed by atoms with Crippen molar-refractivity contribution in [3.05, 3.63) is 0 Å². The molecular formula is C12H18N2O5S. The van der Waals surface area contributed by atoms with E-state index in [1.807, 2.05) is 13.8 Å². The Labute approximate surface area is 121 Å². The minimum Gasteiger partial charge on any atom is -0.450 e. The Kier molecular flexibility index (Phi) is 4.12. The lowest BCUT2D eigenvalue weighted by molar-refractivity contribution is -0.161. The van der Waals surface area contributed by atoms with Gasteiger partial charge in [0.05, 0.1) is 18.4 Å². The van der Waals surface area contributed by atoms with Crippen molar-refractivity contribution in [2.75, 3.05) is 13.3 Å². The molecule has 1 N–H and O–H groups in total. The van der Waals surface area contributed by atoms with Gasteiger partial charge in [-0.25, -0.2) is 9.59 Å². The summed E-state index contributed by atoms with van der Waals surface area (Å²) in [6.07, 6.45) is -0.169. The number of amides is 2. The second kappa shape index (κ2) is 5.51. The van der Waals surface area contributed by atoms with Crippen molar-refractivity contribution >= 4 is 29.7 Å². The standard InChI is InChI=1S/C12H18N2O5S/c1-4-18-11(17)13-6-19-10(16)9-12(2,3)20-8-5-7(15)14(8)9/h8-9H,4-6H2,1-3H3,(H,13,17)/t8-,9+/m1/s1. The highest BCUT2D eigenvalue weighted by molar-refractivity contribution is 8.01. The molecule has 0 bridgehead atoms. The molecule has 2 fully saturated rings. The fraction of sp³-hybridized carbons (Fsp3) is 0.750. The molecule has 2 rings (SSSR count). The molecule has 20 heavy (non-hydrogen) atoms. The molecule has 0 aromatic rings. The highest BCUT2D eigenvalue weighted by Gasteiger charge is 2.59. The SMILES string of the molecule is CCOC(=O)NCOC(=O)[C@@H]1N2C(=O)C[C@H]2SC1(C)C. The predicted octanol–water partition coefficient (Wildman–Crippen LogP) is 0.686. The number of rotatable bonds is 4. The van der Waals surface area contributed by atoms with Gasteiger partial charge in [-0.2, -0.15) is 0 Å². The molecule has 112 valence electrons. The number of β-lactam (4-membered cyclic amide) rings is 1. The molecule has 2 aliphatic heterocycles.